The normalized spacial score (nSPS) is 15.2. The first-order valence-corrected chi connectivity index (χ1v) is 11.9. The summed E-state index contributed by atoms with van der Waals surface area (Å²) in [6, 6.07) is 13.6. The third-order valence-electron chi connectivity index (χ3n) is 5.59. The molecule has 0 unspecified atom stereocenters. The maximum absolute atomic E-state index is 12.8. The molecule has 174 valence electrons. The maximum atomic E-state index is 12.8. The SMILES string of the molecule is COc1ccc(-c2nc(NC(=O)C3CCN(S(=O)(=O)c4ccccc4)CC3)n[nH]2)c(OC)c1. The molecular formula is C22H25N5O5S. The van der Waals surface area contributed by atoms with Crippen molar-refractivity contribution in [3.05, 3.63) is 48.5 Å². The molecule has 2 N–H and O–H groups in total. The van der Waals surface area contributed by atoms with Gasteiger partial charge in [-0.25, -0.2) is 8.42 Å². The number of nitrogens with zero attached hydrogens (tertiary/aromatic N) is 3. The maximum Gasteiger partial charge on any atom is 0.249 e. The van der Waals surface area contributed by atoms with Crippen LogP contribution in [0.4, 0.5) is 5.95 Å². The molecule has 2 heterocycles. The second-order valence-electron chi connectivity index (χ2n) is 7.55. The van der Waals surface area contributed by atoms with Gasteiger partial charge in [-0.15, -0.1) is 5.10 Å². The van der Waals surface area contributed by atoms with Gasteiger partial charge in [0.05, 0.1) is 24.7 Å². The second kappa shape index (κ2) is 9.59. The Balaban J connectivity index is 1.38. The molecule has 4 rings (SSSR count). The molecule has 0 bridgehead atoms. The fraction of sp³-hybridized carbons (Fsp3) is 0.318. The molecule has 11 heteroatoms. The molecule has 1 fully saturated rings. The smallest absolute Gasteiger partial charge is 0.249 e. The predicted molar refractivity (Wildman–Crippen MR) is 121 cm³/mol. The third kappa shape index (κ3) is 4.83. The van der Waals surface area contributed by atoms with Crippen molar-refractivity contribution in [2.24, 2.45) is 5.92 Å². The Kier molecular flexibility index (Phi) is 6.61. The Bertz CT molecular complexity index is 1220. The molecule has 2 aromatic carbocycles. The van der Waals surface area contributed by atoms with E-state index in [9.17, 15) is 13.2 Å². The number of carbonyl (C=O) groups excluding carboxylic acids is 1. The van der Waals surface area contributed by atoms with Crippen molar-refractivity contribution < 1.29 is 22.7 Å². The highest BCUT2D eigenvalue weighted by atomic mass is 32.2. The zero-order valence-corrected chi connectivity index (χ0v) is 19.1. The van der Waals surface area contributed by atoms with Crippen LogP contribution in [-0.4, -0.2) is 61.1 Å². The van der Waals surface area contributed by atoms with E-state index in [-0.39, 0.29) is 35.8 Å². The van der Waals surface area contributed by atoms with Crippen molar-refractivity contribution in [3.63, 3.8) is 0 Å². The summed E-state index contributed by atoms with van der Waals surface area (Å²) in [4.78, 5) is 17.3. The molecule has 0 aliphatic carbocycles. The summed E-state index contributed by atoms with van der Waals surface area (Å²) in [6.45, 7) is 0.551. The van der Waals surface area contributed by atoms with Crippen molar-refractivity contribution in [1.82, 2.24) is 19.5 Å². The number of aromatic nitrogens is 3. The number of piperidine rings is 1. The van der Waals surface area contributed by atoms with Gasteiger partial charge in [0, 0.05) is 25.1 Å². The number of H-pyrrole nitrogens is 1. The summed E-state index contributed by atoms with van der Waals surface area (Å²) in [7, 11) is -0.447. The summed E-state index contributed by atoms with van der Waals surface area (Å²) in [6.07, 6.45) is 0.836. The fourth-order valence-electron chi connectivity index (χ4n) is 3.74. The zero-order chi connectivity index (χ0) is 23.4. The largest absolute Gasteiger partial charge is 0.497 e. The standard InChI is InChI=1S/C22H25N5O5S/c1-31-16-8-9-18(19(14-16)32-2)20-23-22(26-25-20)24-21(28)15-10-12-27(13-11-15)33(29,30)17-6-4-3-5-7-17/h3-9,14-15H,10-13H2,1-2H3,(H2,23,24,25,26,28). The highest BCUT2D eigenvalue weighted by Gasteiger charge is 2.32. The highest BCUT2D eigenvalue weighted by Crippen LogP contribution is 2.32. The lowest BCUT2D eigenvalue weighted by Gasteiger charge is -2.30. The predicted octanol–water partition coefficient (Wildman–Crippen LogP) is 2.53. The molecule has 33 heavy (non-hydrogen) atoms. The first kappa shape index (κ1) is 22.7. The number of hydrogen-bond donors (Lipinski definition) is 2. The second-order valence-corrected chi connectivity index (χ2v) is 9.49. The first-order chi connectivity index (χ1) is 15.9. The van der Waals surface area contributed by atoms with Gasteiger partial charge in [-0.3, -0.25) is 15.2 Å². The van der Waals surface area contributed by atoms with Crippen molar-refractivity contribution in [1.29, 1.82) is 0 Å². The molecule has 0 saturated carbocycles. The van der Waals surface area contributed by atoms with Crippen molar-refractivity contribution in [2.75, 3.05) is 32.6 Å². The first-order valence-electron chi connectivity index (χ1n) is 10.4. The van der Waals surface area contributed by atoms with Crippen LogP contribution in [0.5, 0.6) is 11.5 Å². The quantitative estimate of drug-likeness (QED) is 0.542. The zero-order valence-electron chi connectivity index (χ0n) is 18.3. The van der Waals surface area contributed by atoms with E-state index in [1.54, 1.807) is 62.8 Å². The van der Waals surface area contributed by atoms with E-state index in [0.29, 0.717) is 35.7 Å². The van der Waals surface area contributed by atoms with E-state index in [1.807, 2.05) is 0 Å². The number of ether oxygens (including phenoxy) is 2. The van der Waals surface area contributed by atoms with E-state index in [4.69, 9.17) is 9.47 Å². The highest BCUT2D eigenvalue weighted by molar-refractivity contribution is 7.89. The van der Waals surface area contributed by atoms with Crippen LogP contribution in [0.25, 0.3) is 11.4 Å². The van der Waals surface area contributed by atoms with Crippen molar-refractivity contribution in [2.45, 2.75) is 17.7 Å². The summed E-state index contributed by atoms with van der Waals surface area (Å²) in [5.74, 6) is 1.21. The molecule has 3 aromatic rings. The van der Waals surface area contributed by atoms with E-state index >= 15 is 0 Å². The number of hydrogen-bond acceptors (Lipinski definition) is 7. The topological polar surface area (TPSA) is 127 Å². The lowest BCUT2D eigenvalue weighted by atomic mass is 9.97. The Morgan fingerprint density at radius 1 is 1.09 bits per heavy atom. The average Bonchev–Trinajstić information content (AvgIpc) is 3.32. The van der Waals surface area contributed by atoms with Crippen LogP contribution in [0.1, 0.15) is 12.8 Å². The van der Waals surface area contributed by atoms with Gasteiger partial charge in [-0.2, -0.15) is 9.29 Å². The average molecular weight is 472 g/mol. The van der Waals surface area contributed by atoms with Gasteiger partial charge in [0.2, 0.25) is 21.9 Å². The number of aromatic amines is 1. The van der Waals surface area contributed by atoms with Gasteiger partial charge < -0.3 is 9.47 Å². The monoisotopic (exact) mass is 471 g/mol. The molecule has 1 aliphatic rings. The van der Waals surface area contributed by atoms with Crippen LogP contribution in [0.2, 0.25) is 0 Å². The third-order valence-corrected chi connectivity index (χ3v) is 7.50. The Labute approximate surface area is 192 Å². The summed E-state index contributed by atoms with van der Waals surface area (Å²) >= 11 is 0. The van der Waals surface area contributed by atoms with Crippen LogP contribution in [0.3, 0.4) is 0 Å². The lowest BCUT2D eigenvalue weighted by molar-refractivity contribution is -0.121. The molecule has 1 amide bonds. The number of methoxy groups -OCH3 is 2. The number of sulfonamides is 1. The Morgan fingerprint density at radius 2 is 1.82 bits per heavy atom. The molecule has 10 nitrogen and oxygen atoms in total. The minimum absolute atomic E-state index is 0.146. The molecule has 1 aromatic heterocycles. The Hall–Kier alpha value is -3.44. The summed E-state index contributed by atoms with van der Waals surface area (Å²) < 4.78 is 37.5. The van der Waals surface area contributed by atoms with Crippen LogP contribution in [-0.2, 0) is 14.8 Å². The van der Waals surface area contributed by atoms with Crippen LogP contribution >= 0.6 is 0 Å². The number of amides is 1. The number of nitrogens with one attached hydrogen (secondary N) is 2. The van der Waals surface area contributed by atoms with Gasteiger partial charge >= 0.3 is 0 Å². The molecule has 1 aliphatic heterocycles. The Morgan fingerprint density at radius 3 is 2.48 bits per heavy atom. The minimum Gasteiger partial charge on any atom is -0.497 e. The molecule has 1 saturated heterocycles. The molecular weight excluding hydrogens is 446 g/mol. The van der Waals surface area contributed by atoms with Crippen LogP contribution in [0.15, 0.2) is 53.4 Å². The fourth-order valence-corrected chi connectivity index (χ4v) is 5.24. The van der Waals surface area contributed by atoms with Gasteiger partial charge in [-0.1, -0.05) is 18.2 Å². The van der Waals surface area contributed by atoms with E-state index in [0.717, 1.165) is 0 Å². The molecule has 0 radical (unpaired) electrons. The van der Waals surface area contributed by atoms with Crippen LogP contribution < -0.4 is 14.8 Å². The van der Waals surface area contributed by atoms with Gasteiger partial charge in [0.25, 0.3) is 0 Å². The number of anilines is 1. The van der Waals surface area contributed by atoms with Crippen molar-refractivity contribution >= 4 is 21.9 Å². The van der Waals surface area contributed by atoms with E-state index < -0.39 is 10.0 Å². The number of rotatable bonds is 7. The minimum atomic E-state index is -3.56. The van der Waals surface area contributed by atoms with E-state index in [1.165, 1.54) is 4.31 Å². The van der Waals surface area contributed by atoms with Crippen molar-refractivity contribution in [3.8, 4) is 22.9 Å². The summed E-state index contributed by atoms with van der Waals surface area (Å²) in [5, 5.41) is 9.60. The molecule has 0 spiro atoms. The van der Waals surface area contributed by atoms with Gasteiger partial charge in [-0.05, 0) is 37.1 Å². The van der Waals surface area contributed by atoms with Gasteiger partial charge in [0.15, 0.2) is 5.82 Å². The molecule has 0 atom stereocenters. The van der Waals surface area contributed by atoms with E-state index in [2.05, 4.69) is 20.5 Å². The summed E-state index contributed by atoms with van der Waals surface area (Å²) in [5.41, 5.74) is 0.672. The van der Waals surface area contributed by atoms with Gasteiger partial charge in [0.1, 0.15) is 11.5 Å². The van der Waals surface area contributed by atoms with Crippen LogP contribution in [0, 0.1) is 5.92 Å². The number of carbonyl (C=O) groups is 1. The lowest BCUT2D eigenvalue weighted by Crippen LogP contribution is -2.41. The number of benzene rings is 2.